The maximum absolute atomic E-state index is 13.5. The normalized spacial score (nSPS) is 12.9. The SMILES string of the molecule is CC(C)(C)C(CCO)Nc1cccc(F)c1C#N. The minimum Gasteiger partial charge on any atom is -0.396 e. The highest BCUT2D eigenvalue weighted by atomic mass is 19.1. The lowest BCUT2D eigenvalue weighted by atomic mass is 9.84. The number of hydrogen-bond acceptors (Lipinski definition) is 3. The van der Waals surface area contributed by atoms with Gasteiger partial charge in [0.05, 0.1) is 5.69 Å². The number of aliphatic hydroxyl groups is 1. The molecule has 4 heteroatoms. The Kier molecular flexibility index (Phi) is 4.69. The van der Waals surface area contributed by atoms with Gasteiger partial charge in [-0.2, -0.15) is 5.26 Å². The zero-order valence-corrected chi connectivity index (χ0v) is 11.0. The molecule has 0 radical (unpaired) electrons. The van der Waals surface area contributed by atoms with Crippen molar-refractivity contribution < 1.29 is 9.50 Å². The standard InChI is InChI=1S/C14H19FN2O/c1-14(2,3)13(7-8-18)17-12-6-4-5-11(15)10(12)9-16/h4-6,13,17-18H,7-8H2,1-3H3. The number of halogens is 1. The molecular weight excluding hydrogens is 231 g/mol. The minimum atomic E-state index is -0.529. The highest BCUT2D eigenvalue weighted by Gasteiger charge is 2.25. The van der Waals surface area contributed by atoms with Crippen LogP contribution in [0.25, 0.3) is 0 Å². The summed E-state index contributed by atoms with van der Waals surface area (Å²) in [5.41, 5.74) is 0.400. The molecule has 1 unspecified atom stereocenters. The fourth-order valence-electron chi connectivity index (χ4n) is 1.80. The second-order valence-corrected chi connectivity index (χ2v) is 5.35. The summed E-state index contributed by atoms with van der Waals surface area (Å²) in [6, 6.07) is 6.34. The van der Waals surface area contributed by atoms with Crippen LogP contribution in [-0.2, 0) is 0 Å². The first kappa shape index (κ1) is 14.5. The fourth-order valence-corrected chi connectivity index (χ4v) is 1.80. The average molecular weight is 250 g/mol. The molecule has 0 bridgehead atoms. The predicted molar refractivity (Wildman–Crippen MR) is 69.7 cm³/mol. The highest BCUT2D eigenvalue weighted by molar-refractivity contribution is 5.58. The lowest BCUT2D eigenvalue weighted by Crippen LogP contribution is -2.35. The van der Waals surface area contributed by atoms with E-state index in [1.807, 2.05) is 26.8 Å². The van der Waals surface area contributed by atoms with Gasteiger partial charge in [0.2, 0.25) is 0 Å². The number of aliphatic hydroxyl groups excluding tert-OH is 1. The molecular formula is C14H19FN2O. The van der Waals surface area contributed by atoms with Crippen LogP contribution in [0.4, 0.5) is 10.1 Å². The molecule has 0 saturated carbocycles. The molecule has 1 rings (SSSR count). The third-order valence-corrected chi connectivity index (χ3v) is 2.92. The van der Waals surface area contributed by atoms with E-state index in [0.717, 1.165) is 0 Å². The molecule has 3 nitrogen and oxygen atoms in total. The van der Waals surface area contributed by atoms with Crippen molar-refractivity contribution in [1.82, 2.24) is 0 Å². The number of hydrogen-bond donors (Lipinski definition) is 2. The number of nitrogens with zero attached hydrogens (tertiary/aromatic N) is 1. The Morgan fingerprint density at radius 3 is 2.61 bits per heavy atom. The summed E-state index contributed by atoms with van der Waals surface area (Å²) in [5.74, 6) is -0.529. The van der Waals surface area contributed by atoms with E-state index in [1.54, 1.807) is 12.1 Å². The fraction of sp³-hybridized carbons (Fsp3) is 0.500. The Morgan fingerprint density at radius 2 is 2.11 bits per heavy atom. The Hall–Kier alpha value is -1.60. The third-order valence-electron chi connectivity index (χ3n) is 2.92. The van der Waals surface area contributed by atoms with Gasteiger partial charge in [-0.1, -0.05) is 26.8 Å². The lowest BCUT2D eigenvalue weighted by molar-refractivity contribution is 0.235. The summed E-state index contributed by atoms with van der Waals surface area (Å²) in [5, 5.41) is 21.2. The molecule has 18 heavy (non-hydrogen) atoms. The molecule has 0 amide bonds. The zero-order chi connectivity index (χ0) is 13.8. The predicted octanol–water partition coefficient (Wildman–Crippen LogP) is 2.91. The molecule has 0 aliphatic heterocycles. The molecule has 1 aromatic carbocycles. The first-order valence-corrected chi connectivity index (χ1v) is 5.96. The quantitative estimate of drug-likeness (QED) is 0.863. The maximum atomic E-state index is 13.5. The van der Waals surface area contributed by atoms with Gasteiger partial charge in [0.15, 0.2) is 0 Å². The van der Waals surface area contributed by atoms with Gasteiger partial charge < -0.3 is 10.4 Å². The molecule has 0 aliphatic rings. The van der Waals surface area contributed by atoms with Crippen LogP contribution in [0.2, 0.25) is 0 Å². The molecule has 1 aromatic rings. The van der Waals surface area contributed by atoms with Crippen molar-refractivity contribution in [3.05, 3.63) is 29.6 Å². The number of benzene rings is 1. The molecule has 0 spiro atoms. The van der Waals surface area contributed by atoms with Gasteiger partial charge in [0.1, 0.15) is 17.4 Å². The smallest absolute Gasteiger partial charge is 0.143 e. The van der Waals surface area contributed by atoms with Gasteiger partial charge in [0, 0.05) is 12.6 Å². The largest absolute Gasteiger partial charge is 0.396 e. The summed E-state index contributed by atoms with van der Waals surface area (Å²) >= 11 is 0. The van der Waals surface area contributed by atoms with Crippen molar-refractivity contribution in [2.45, 2.75) is 33.2 Å². The minimum absolute atomic E-state index is 0.0182. The summed E-state index contributed by atoms with van der Waals surface area (Å²) < 4.78 is 13.5. The Balaban J connectivity index is 3.02. The Labute approximate surface area is 107 Å². The van der Waals surface area contributed by atoms with E-state index >= 15 is 0 Å². The van der Waals surface area contributed by atoms with Crippen LogP contribution >= 0.6 is 0 Å². The second-order valence-electron chi connectivity index (χ2n) is 5.35. The summed E-state index contributed by atoms with van der Waals surface area (Å²) in [6.07, 6.45) is 0.547. The van der Waals surface area contributed by atoms with Crippen molar-refractivity contribution >= 4 is 5.69 Å². The van der Waals surface area contributed by atoms with Gasteiger partial charge >= 0.3 is 0 Å². The number of rotatable bonds is 4. The Morgan fingerprint density at radius 1 is 1.44 bits per heavy atom. The van der Waals surface area contributed by atoms with Gasteiger partial charge in [-0.25, -0.2) is 4.39 Å². The van der Waals surface area contributed by atoms with E-state index in [2.05, 4.69) is 5.32 Å². The molecule has 2 N–H and O–H groups in total. The van der Waals surface area contributed by atoms with E-state index in [0.29, 0.717) is 12.1 Å². The zero-order valence-electron chi connectivity index (χ0n) is 11.0. The van der Waals surface area contributed by atoms with Crippen LogP contribution in [0.5, 0.6) is 0 Å². The molecule has 98 valence electrons. The highest BCUT2D eigenvalue weighted by Crippen LogP contribution is 2.27. The van der Waals surface area contributed by atoms with E-state index in [1.165, 1.54) is 6.07 Å². The van der Waals surface area contributed by atoms with Crippen molar-refractivity contribution in [3.8, 4) is 6.07 Å². The topological polar surface area (TPSA) is 56.0 Å². The molecule has 0 heterocycles. The summed E-state index contributed by atoms with van der Waals surface area (Å²) in [7, 11) is 0. The van der Waals surface area contributed by atoms with Gasteiger partial charge in [-0.05, 0) is 24.0 Å². The van der Waals surface area contributed by atoms with Crippen molar-refractivity contribution in [2.75, 3.05) is 11.9 Å². The second kappa shape index (κ2) is 5.83. The lowest BCUT2D eigenvalue weighted by Gasteiger charge is -2.32. The van der Waals surface area contributed by atoms with E-state index in [-0.39, 0.29) is 23.6 Å². The summed E-state index contributed by atoms with van der Waals surface area (Å²) in [4.78, 5) is 0. The van der Waals surface area contributed by atoms with E-state index in [9.17, 15) is 4.39 Å². The van der Waals surface area contributed by atoms with Crippen LogP contribution in [-0.4, -0.2) is 17.8 Å². The third kappa shape index (κ3) is 3.44. The van der Waals surface area contributed by atoms with Crippen molar-refractivity contribution in [2.24, 2.45) is 5.41 Å². The monoisotopic (exact) mass is 250 g/mol. The first-order valence-electron chi connectivity index (χ1n) is 5.96. The van der Waals surface area contributed by atoms with E-state index < -0.39 is 5.82 Å². The maximum Gasteiger partial charge on any atom is 0.143 e. The van der Waals surface area contributed by atoms with E-state index in [4.69, 9.17) is 10.4 Å². The van der Waals surface area contributed by atoms with Gasteiger partial charge in [-0.3, -0.25) is 0 Å². The molecule has 0 aromatic heterocycles. The van der Waals surface area contributed by atoms with Crippen LogP contribution in [0.1, 0.15) is 32.8 Å². The molecule has 1 atom stereocenters. The number of nitriles is 1. The molecule has 0 aliphatic carbocycles. The van der Waals surface area contributed by atoms with Crippen LogP contribution in [0.3, 0.4) is 0 Å². The van der Waals surface area contributed by atoms with Crippen molar-refractivity contribution in [1.29, 1.82) is 5.26 Å². The average Bonchev–Trinajstić information content (AvgIpc) is 2.27. The van der Waals surface area contributed by atoms with Crippen LogP contribution < -0.4 is 5.32 Å². The van der Waals surface area contributed by atoms with Gasteiger partial charge in [-0.15, -0.1) is 0 Å². The Bertz CT molecular complexity index is 446. The molecule has 0 fully saturated rings. The van der Waals surface area contributed by atoms with Crippen molar-refractivity contribution in [3.63, 3.8) is 0 Å². The first-order chi connectivity index (χ1) is 8.40. The number of anilines is 1. The molecule has 0 saturated heterocycles. The van der Waals surface area contributed by atoms with Crippen LogP contribution in [0, 0.1) is 22.6 Å². The summed E-state index contributed by atoms with van der Waals surface area (Å²) in [6.45, 7) is 6.15. The van der Waals surface area contributed by atoms with Gasteiger partial charge in [0.25, 0.3) is 0 Å². The number of nitrogens with one attached hydrogen (secondary N) is 1. The van der Waals surface area contributed by atoms with Crippen LogP contribution in [0.15, 0.2) is 18.2 Å².